The van der Waals surface area contributed by atoms with Gasteiger partial charge < -0.3 is 29.0 Å². The maximum Gasteiger partial charge on any atom is 0.471 e. The predicted octanol–water partition coefficient (Wildman–Crippen LogP) is 2.72. The van der Waals surface area contributed by atoms with Crippen LogP contribution in [0.4, 0.5) is 13.2 Å². The van der Waals surface area contributed by atoms with Gasteiger partial charge >= 0.3 is 37.9 Å². The summed E-state index contributed by atoms with van der Waals surface area (Å²) in [6.45, 7) is -0.427. The molecule has 0 saturated carbocycles. The SMILES string of the molecule is COP(O)OP(O)OP(O)OCc1ccc(CNC(=O)C(F)(F)F)cc1. The first-order valence-electron chi connectivity index (χ1n) is 6.55. The Morgan fingerprint density at radius 1 is 1.04 bits per heavy atom. The van der Waals surface area contributed by atoms with E-state index in [2.05, 4.69) is 13.1 Å². The molecular weight excluding hydrogens is 424 g/mol. The lowest BCUT2D eigenvalue weighted by molar-refractivity contribution is -0.173. The molecule has 1 rings (SSSR count). The van der Waals surface area contributed by atoms with E-state index in [1.54, 1.807) is 5.32 Å². The van der Waals surface area contributed by atoms with E-state index in [1.807, 2.05) is 0 Å². The number of benzene rings is 1. The van der Waals surface area contributed by atoms with Crippen molar-refractivity contribution in [3.8, 4) is 0 Å². The largest absolute Gasteiger partial charge is 0.471 e. The highest BCUT2D eigenvalue weighted by molar-refractivity contribution is 7.60. The molecule has 9 nitrogen and oxygen atoms in total. The molecule has 26 heavy (non-hydrogen) atoms. The van der Waals surface area contributed by atoms with Gasteiger partial charge in [0, 0.05) is 13.7 Å². The molecule has 1 aromatic rings. The molecule has 0 aliphatic carbocycles. The van der Waals surface area contributed by atoms with Crippen molar-refractivity contribution in [3.05, 3.63) is 35.4 Å². The third-order valence-electron chi connectivity index (χ3n) is 2.51. The molecule has 0 fully saturated rings. The van der Waals surface area contributed by atoms with Gasteiger partial charge in [0.15, 0.2) is 0 Å². The zero-order valence-electron chi connectivity index (χ0n) is 13.1. The number of rotatable bonds is 10. The second kappa shape index (κ2) is 11.4. The van der Waals surface area contributed by atoms with E-state index in [0.29, 0.717) is 11.1 Å². The first-order chi connectivity index (χ1) is 12.1. The number of alkyl halides is 3. The Morgan fingerprint density at radius 3 is 2.12 bits per heavy atom. The summed E-state index contributed by atoms with van der Waals surface area (Å²) in [6.07, 6.45) is -4.94. The molecule has 0 bridgehead atoms. The molecule has 0 aromatic heterocycles. The Balaban J connectivity index is 2.37. The number of halogens is 3. The highest BCUT2D eigenvalue weighted by atomic mass is 31.3. The average Bonchev–Trinajstić information content (AvgIpc) is 2.57. The normalized spacial score (nSPS) is 15.3. The van der Waals surface area contributed by atoms with E-state index in [4.69, 9.17) is 9.42 Å². The fourth-order valence-electron chi connectivity index (χ4n) is 1.36. The van der Waals surface area contributed by atoms with Crippen LogP contribution < -0.4 is 5.32 Å². The summed E-state index contributed by atoms with van der Waals surface area (Å²) >= 11 is 0. The van der Waals surface area contributed by atoms with Gasteiger partial charge in [0.1, 0.15) is 0 Å². The van der Waals surface area contributed by atoms with Crippen LogP contribution in [0.3, 0.4) is 0 Å². The minimum absolute atomic E-state index is 0.126. The lowest BCUT2D eigenvalue weighted by Crippen LogP contribution is -2.36. The van der Waals surface area contributed by atoms with Gasteiger partial charge in [-0.1, -0.05) is 24.3 Å². The molecule has 1 amide bonds. The number of amides is 1. The van der Waals surface area contributed by atoms with Gasteiger partial charge in [-0.15, -0.1) is 0 Å². The van der Waals surface area contributed by atoms with Crippen LogP contribution in [-0.2, 0) is 35.6 Å². The molecule has 15 heteroatoms. The second-order valence-electron chi connectivity index (χ2n) is 4.33. The monoisotopic (exact) mass is 439 g/mol. The molecular formula is C11H15F3NO8P3. The number of carbonyl (C=O) groups excluding carboxylic acids is 1. The van der Waals surface area contributed by atoms with Gasteiger partial charge in [0.05, 0.1) is 6.61 Å². The van der Waals surface area contributed by atoms with Crippen LogP contribution in [0.1, 0.15) is 11.1 Å². The third kappa shape index (κ3) is 9.43. The minimum Gasteiger partial charge on any atom is -0.344 e. The zero-order valence-corrected chi connectivity index (χ0v) is 15.8. The lowest BCUT2D eigenvalue weighted by Gasteiger charge is -2.15. The number of hydrogen-bond donors (Lipinski definition) is 4. The van der Waals surface area contributed by atoms with E-state index in [0.717, 1.165) is 7.11 Å². The minimum atomic E-state index is -4.94. The number of carbonyl (C=O) groups is 1. The molecule has 0 heterocycles. The van der Waals surface area contributed by atoms with Crippen molar-refractivity contribution in [2.45, 2.75) is 19.3 Å². The Labute approximate surface area is 150 Å². The molecule has 1 aromatic carbocycles. The Bertz CT molecular complexity index is 565. The fourth-order valence-corrected chi connectivity index (χ4v) is 3.42. The van der Waals surface area contributed by atoms with Gasteiger partial charge in [0.2, 0.25) is 0 Å². The van der Waals surface area contributed by atoms with E-state index in [-0.39, 0.29) is 13.2 Å². The van der Waals surface area contributed by atoms with E-state index < -0.39 is 37.9 Å². The van der Waals surface area contributed by atoms with Crippen LogP contribution in [0.5, 0.6) is 0 Å². The summed E-state index contributed by atoms with van der Waals surface area (Å²) in [5.74, 6) is -2.03. The lowest BCUT2D eigenvalue weighted by atomic mass is 10.1. The van der Waals surface area contributed by atoms with Crippen LogP contribution in [0.15, 0.2) is 24.3 Å². The summed E-state index contributed by atoms with van der Waals surface area (Å²) in [6, 6.07) is 5.95. The Hall–Kier alpha value is -0.510. The van der Waals surface area contributed by atoms with Crippen molar-refractivity contribution in [1.82, 2.24) is 5.32 Å². The fraction of sp³-hybridized carbons (Fsp3) is 0.364. The summed E-state index contributed by atoms with van der Waals surface area (Å²) < 4.78 is 54.5. The summed E-state index contributed by atoms with van der Waals surface area (Å²) in [4.78, 5) is 38.4. The highest BCUT2D eigenvalue weighted by Crippen LogP contribution is 2.56. The standard InChI is InChI=1S/C11H15F3NO8P3/c1-20-24(17)22-26(19)23-25(18)21-7-9-4-2-8(3-5-9)6-15-10(16)11(12,13)14/h2-5,17-19H,6-7H2,1H3,(H,15,16). The van der Waals surface area contributed by atoms with E-state index >= 15 is 0 Å². The van der Waals surface area contributed by atoms with Crippen molar-refractivity contribution < 1.29 is 50.3 Å². The van der Waals surface area contributed by atoms with Gasteiger partial charge in [-0.3, -0.25) is 4.79 Å². The van der Waals surface area contributed by atoms with Crippen molar-refractivity contribution in [3.63, 3.8) is 0 Å². The first-order valence-corrected chi connectivity index (χ1v) is 9.94. The van der Waals surface area contributed by atoms with E-state index in [9.17, 15) is 27.8 Å². The van der Waals surface area contributed by atoms with Crippen molar-refractivity contribution in [2.75, 3.05) is 7.11 Å². The van der Waals surface area contributed by atoms with Gasteiger partial charge in [-0.25, -0.2) is 8.62 Å². The van der Waals surface area contributed by atoms with Crippen LogP contribution in [-0.4, -0.2) is 33.9 Å². The van der Waals surface area contributed by atoms with Gasteiger partial charge in [0.25, 0.3) is 0 Å². The van der Waals surface area contributed by atoms with Crippen molar-refractivity contribution >= 4 is 31.7 Å². The number of hydrogen-bond acceptors (Lipinski definition) is 8. The predicted molar refractivity (Wildman–Crippen MR) is 85.7 cm³/mol. The summed E-state index contributed by atoms with van der Waals surface area (Å²) in [5, 5.41) is 1.73. The number of nitrogens with one attached hydrogen (secondary N) is 1. The zero-order chi connectivity index (χ0) is 19.7. The van der Waals surface area contributed by atoms with Crippen LogP contribution >= 0.6 is 25.8 Å². The van der Waals surface area contributed by atoms with E-state index in [1.165, 1.54) is 24.3 Å². The maximum absolute atomic E-state index is 12.1. The molecule has 0 spiro atoms. The molecule has 3 atom stereocenters. The van der Waals surface area contributed by atoms with Crippen molar-refractivity contribution in [1.29, 1.82) is 0 Å². The van der Waals surface area contributed by atoms with Gasteiger partial charge in [-0.2, -0.15) is 13.2 Å². The topological polar surface area (TPSA) is 127 Å². The summed E-state index contributed by atoms with van der Waals surface area (Å²) in [5.41, 5.74) is 0.975. The smallest absolute Gasteiger partial charge is 0.344 e. The molecule has 0 saturated heterocycles. The first kappa shape index (κ1) is 23.5. The van der Waals surface area contributed by atoms with Gasteiger partial charge in [-0.05, 0) is 11.1 Å². The van der Waals surface area contributed by atoms with Crippen LogP contribution in [0.25, 0.3) is 0 Å². The van der Waals surface area contributed by atoms with Crippen LogP contribution in [0.2, 0.25) is 0 Å². The third-order valence-corrected chi connectivity index (χ3v) is 5.41. The maximum atomic E-state index is 12.1. The molecule has 0 aliphatic heterocycles. The second-order valence-corrected chi connectivity index (χ2v) is 7.69. The molecule has 148 valence electrons. The molecule has 0 radical (unpaired) electrons. The average molecular weight is 439 g/mol. The van der Waals surface area contributed by atoms with Crippen molar-refractivity contribution in [2.24, 2.45) is 0 Å². The highest BCUT2D eigenvalue weighted by Gasteiger charge is 2.38. The quantitative estimate of drug-likeness (QED) is 0.410. The Morgan fingerprint density at radius 2 is 1.58 bits per heavy atom. The summed E-state index contributed by atoms with van der Waals surface area (Å²) in [7, 11) is -6.28. The molecule has 4 N–H and O–H groups in total. The Kier molecular flexibility index (Phi) is 10.3. The molecule has 0 aliphatic rings. The molecule has 3 unspecified atom stereocenters. The van der Waals surface area contributed by atoms with Crippen LogP contribution in [0, 0.1) is 0 Å².